The first kappa shape index (κ1) is 17.1. The maximum absolute atomic E-state index is 12.8. The molecule has 0 bridgehead atoms. The van der Waals surface area contributed by atoms with Crippen LogP contribution in [0.2, 0.25) is 0 Å². The van der Waals surface area contributed by atoms with Gasteiger partial charge in [0.15, 0.2) is 0 Å². The van der Waals surface area contributed by atoms with E-state index >= 15 is 0 Å². The second-order valence-electron chi connectivity index (χ2n) is 7.81. The monoisotopic (exact) mass is 405 g/mol. The van der Waals surface area contributed by atoms with E-state index in [1.165, 1.54) is 0 Å². The molecule has 0 aromatic heterocycles. The average Bonchev–Trinajstić information content (AvgIpc) is 3.09. The summed E-state index contributed by atoms with van der Waals surface area (Å²) in [6.07, 6.45) is 5.47. The number of nitrogens with one attached hydrogen (secondary N) is 1. The number of aryl methyl sites for hydroxylation is 2. The number of amides is 1. The Bertz CT molecular complexity index is 744. The molecule has 25 heavy (non-hydrogen) atoms. The smallest absolute Gasteiger partial charge is 0.256 e. The Hall–Kier alpha value is -1.33. The molecule has 1 saturated heterocycles. The van der Waals surface area contributed by atoms with Gasteiger partial charge in [0.2, 0.25) is 0 Å². The highest BCUT2D eigenvalue weighted by molar-refractivity contribution is 9.10. The molecule has 1 saturated carbocycles. The molecular weight excluding hydrogens is 382 g/mol. The lowest BCUT2D eigenvalue weighted by atomic mass is 9.72. The molecule has 4 rings (SSSR count). The first-order valence-corrected chi connectivity index (χ1v) is 9.82. The van der Waals surface area contributed by atoms with Crippen molar-refractivity contribution in [1.29, 1.82) is 0 Å². The summed E-state index contributed by atoms with van der Waals surface area (Å²) in [5.41, 5.74) is 2.65. The molecule has 2 spiro atoms. The van der Waals surface area contributed by atoms with Crippen LogP contribution in [0.25, 0.3) is 5.57 Å². The molecule has 2 N–H and O–H groups in total. The van der Waals surface area contributed by atoms with Crippen molar-refractivity contribution in [3.8, 4) is 0 Å². The van der Waals surface area contributed by atoms with Crippen LogP contribution in [0.15, 0.2) is 22.4 Å². The van der Waals surface area contributed by atoms with E-state index in [0.717, 1.165) is 66.3 Å². The van der Waals surface area contributed by atoms with Crippen molar-refractivity contribution in [3.63, 3.8) is 0 Å². The van der Waals surface area contributed by atoms with Gasteiger partial charge in [0, 0.05) is 11.1 Å². The number of aliphatic hydroxyl groups is 1. The number of hydrogen-bond donors (Lipinski definition) is 2. The molecule has 2 heterocycles. The zero-order chi connectivity index (χ0) is 17.8. The Labute approximate surface area is 156 Å². The lowest BCUT2D eigenvalue weighted by Gasteiger charge is -2.42. The van der Waals surface area contributed by atoms with Gasteiger partial charge in [-0.25, -0.2) is 0 Å². The molecular formula is C20H24BrNO3. The number of aliphatic hydroxyl groups excluding tert-OH is 1. The standard InChI is InChI=1S/C20H24BrNO3/c1-12-10-14(21)11-13(2)15(12)16-17(23)20(22-18(16)24)7-5-19(6-8-20)4-3-9-25-19/h10-11,23H,3-9H2,1-2H3,(H,22,24). The fourth-order valence-corrected chi connectivity index (χ4v) is 5.55. The second-order valence-corrected chi connectivity index (χ2v) is 8.73. The predicted octanol–water partition coefficient (Wildman–Crippen LogP) is 4.33. The van der Waals surface area contributed by atoms with Crippen molar-refractivity contribution in [2.75, 3.05) is 6.61 Å². The van der Waals surface area contributed by atoms with Crippen molar-refractivity contribution >= 4 is 27.4 Å². The lowest BCUT2D eigenvalue weighted by molar-refractivity contribution is -0.117. The summed E-state index contributed by atoms with van der Waals surface area (Å²) in [6, 6.07) is 3.98. The molecule has 2 fully saturated rings. The number of benzene rings is 1. The highest BCUT2D eigenvalue weighted by Crippen LogP contribution is 2.48. The van der Waals surface area contributed by atoms with E-state index in [-0.39, 0.29) is 17.3 Å². The van der Waals surface area contributed by atoms with Crippen LogP contribution in [0, 0.1) is 13.8 Å². The van der Waals surface area contributed by atoms with Crippen LogP contribution in [0.1, 0.15) is 55.2 Å². The minimum atomic E-state index is -0.616. The Morgan fingerprint density at radius 3 is 2.32 bits per heavy atom. The summed E-state index contributed by atoms with van der Waals surface area (Å²) in [5.74, 6) is 0.0631. The van der Waals surface area contributed by atoms with Gasteiger partial charge in [-0.15, -0.1) is 0 Å². The molecule has 4 nitrogen and oxygen atoms in total. The maximum Gasteiger partial charge on any atom is 0.256 e. The molecule has 134 valence electrons. The SMILES string of the molecule is Cc1cc(Br)cc(C)c1C1=C(O)C2(CCC3(CCCO3)CC2)NC1=O. The van der Waals surface area contributed by atoms with Gasteiger partial charge in [0.05, 0.1) is 16.7 Å². The molecule has 0 atom stereocenters. The van der Waals surface area contributed by atoms with Gasteiger partial charge in [-0.3, -0.25) is 4.79 Å². The molecule has 2 aliphatic heterocycles. The number of ether oxygens (including phenoxy) is 1. The van der Waals surface area contributed by atoms with Crippen LogP contribution in [-0.4, -0.2) is 28.8 Å². The van der Waals surface area contributed by atoms with Crippen LogP contribution in [0.4, 0.5) is 0 Å². The highest BCUT2D eigenvalue weighted by atomic mass is 79.9. The van der Waals surface area contributed by atoms with Crippen LogP contribution in [0.3, 0.4) is 0 Å². The summed E-state index contributed by atoms with van der Waals surface area (Å²) in [4.78, 5) is 12.8. The molecule has 3 aliphatic rings. The number of carbonyl (C=O) groups is 1. The van der Waals surface area contributed by atoms with E-state index in [1.54, 1.807) is 0 Å². The summed E-state index contributed by atoms with van der Waals surface area (Å²) in [5, 5.41) is 14.2. The van der Waals surface area contributed by atoms with Gasteiger partial charge in [-0.05, 0) is 81.2 Å². The van der Waals surface area contributed by atoms with Crippen LogP contribution < -0.4 is 5.32 Å². The third-order valence-electron chi connectivity index (χ3n) is 6.22. The Balaban J connectivity index is 1.71. The average molecular weight is 406 g/mol. The summed E-state index contributed by atoms with van der Waals surface area (Å²) >= 11 is 3.50. The Kier molecular flexibility index (Phi) is 4.00. The van der Waals surface area contributed by atoms with Crippen LogP contribution >= 0.6 is 15.9 Å². The topological polar surface area (TPSA) is 58.6 Å². The van der Waals surface area contributed by atoms with E-state index in [9.17, 15) is 9.90 Å². The first-order valence-electron chi connectivity index (χ1n) is 9.03. The number of halogens is 1. The van der Waals surface area contributed by atoms with Gasteiger partial charge in [-0.2, -0.15) is 0 Å². The molecule has 0 unspecified atom stereocenters. The van der Waals surface area contributed by atoms with E-state index in [0.29, 0.717) is 5.57 Å². The van der Waals surface area contributed by atoms with Gasteiger partial charge >= 0.3 is 0 Å². The zero-order valence-electron chi connectivity index (χ0n) is 14.7. The van der Waals surface area contributed by atoms with E-state index < -0.39 is 5.54 Å². The Morgan fingerprint density at radius 1 is 1.12 bits per heavy atom. The number of carbonyl (C=O) groups excluding carboxylic acids is 1. The summed E-state index contributed by atoms with van der Waals surface area (Å²) in [7, 11) is 0. The van der Waals surface area contributed by atoms with Crippen molar-refractivity contribution in [1.82, 2.24) is 5.32 Å². The predicted molar refractivity (Wildman–Crippen MR) is 100 cm³/mol. The normalized spacial score (nSPS) is 32.0. The van der Waals surface area contributed by atoms with E-state index in [2.05, 4.69) is 21.2 Å². The van der Waals surface area contributed by atoms with Crippen LogP contribution in [0.5, 0.6) is 0 Å². The lowest BCUT2D eigenvalue weighted by Crippen LogP contribution is -2.51. The van der Waals surface area contributed by atoms with Crippen LogP contribution in [-0.2, 0) is 9.53 Å². The quantitative estimate of drug-likeness (QED) is 0.730. The van der Waals surface area contributed by atoms with E-state index in [4.69, 9.17) is 4.74 Å². The number of hydrogen-bond acceptors (Lipinski definition) is 3. The first-order chi connectivity index (χ1) is 11.9. The molecule has 1 aliphatic carbocycles. The van der Waals surface area contributed by atoms with Gasteiger partial charge in [-0.1, -0.05) is 15.9 Å². The molecule has 5 heteroatoms. The molecule has 1 amide bonds. The third kappa shape index (κ3) is 2.63. The van der Waals surface area contributed by atoms with Crippen molar-refractivity contribution in [2.24, 2.45) is 0 Å². The van der Waals surface area contributed by atoms with Crippen molar-refractivity contribution in [2.45, 2.75) is 63.5 Å². The van der Waals surface area contributed by atoms with Gasteiger partial charge in [0.1, 0.15) is 5.76 Å². The largest absolute Gasteiger partial charge is 0.509 e. The maximum atomic E-state index is 12.8. The van der Waals surface area contributed by atoms with Gasteiger partial charge in [0.25, 0.3) is 5.91 Å². The third-order valence-corrected chi connectivity index (χ3v) is 6.68. The van der Waals surface area contributed by atoms with E-state index in [1.807, 2.05) is 26.0 Å². The van der Waals surface area contributed by atoms with Crippen molar-refractivity contribution in [3.05, 3.63) is 39.1 Å². The molecule has 1 aromatic rings. The minimum absolute atomic E-state index is 0.0253. The van der Waals surface area contributed by atoms with Gasteiger partial charge < -0.3 is 15.2 Å². The number of rotatable bonds is 1. The fraction of sp³-hybridized carbons (Fsp3) is 0.550. The Morgan fingerprint density at radius 2 is 1.76 bits per heavy atom. The molecule has 0 radical (unpaired) electrons. The minimum Gasteiger partial charge on any atom is -0.509 e. The zero-order valence-corrected chi connectivity index (χ0v) is 16.3. The second kappa shape index (κ2) is 5.85. The fourth-order valence-electron chi connectivity index (χ4n) is 4.87. The molecule has 1 aromatic carbocycles. The summed E-state index contributed by atoms with van der Waals surface area (Å²) < 4.78 is 6.98. The summed E-state index contributed by atoms with van der Waals surface area (Å²) in [6.45, 7) is 4.80. The van der Waals surface area contributed by atoms with Crippen molar-refractivity contribution < 1.29 is 14.6 Å². The highest BCUT2D eigenvalue weighted by Gasteiger charge is 2.52.